The van der Waals surface area contributed by atoms with Gasteiger partial charge in [0.2, 0.25) is 5.91 Å². The molecule has 0 unspecified atom stereocenters. The van der Waals surface area contributed by atoms with Gasteiger partial charge in [-0.2, -0.15) is 0 Å². The van der Waals surface area contributed by atoms with Crippen LogP contribution >= 0.6 is 0 Å². The van der Waals surface area contributed by atoms with Crippen LogP contribution in [0.1, 0.15) is 38.7 Å². The molecule has 146 valence electrons. The summed E-state index contributed by atoms with van der Waals surface area (Å²) in [7, 11) is 1.90. The van der Waals surface area contributed by atoms with Crippen LogP contribution in [0.5, 0.6) is 11.5 Å². The Balaban J connectivity index is 1.79. The van der Waals surface area contributed by atoms with Crippen LogP contribution in [0.3, 0.4) is 0 Å². The maximum Gasteiger partial charge on any atom is 0.234 e. The maximum atomic E-state index is 12.1. The molecular formula is C20H32N2O4. The van der Waals surface area contributed by atoms with E-state index in [9.17, 15) is 9.90 Å². The lowest BCUT2D eigenvalue weighted by Gasteiger charge is -2.26. The van der Waals surface area contributed by atoms with Crippen LogP contribution < -0.4 is 14.8 Å². The van der Waals surface area contributed by atoms with Gasteiger partial charge in [0, 0.05) is 12.6 Å². The van der Waals surface area contributed by atoms with Crippen molar-refractivity contribution in [2.45, 2.75) is 51.7 Å². The van der Waals surface area contributed by atoms with Crippen LogP contribution in [-0.4, -0.2) is 61.4 Å². The van der Waals surface area contributed by atoms with E-state index in [0.29, 0.717) is 26.3 Å². The Bertz CT molecular complexity index is 579. The summed E-state index contributed by atoms with van der Waals surface area (Å²) in [5, 5.41) is 12.9. The van der Waals surface area contributed by atoms with Gasteiger partial charge in [0.15, 0.2) is 11.5 Å². The zero-order valence-corrected chi connectivity index (χ0v) is 16.2. The van der Waals surface area contributed by atoms with Crippen LogP contribution in [0.4, 0.5) is 0 Å². The van der Waals surface area contributed by atoms with Gasteiger partial charge in [-0.05, 0) is 64.3 Å². The second-order valence-electron chi connectivity index (χ2n) is 6.73. The highest BCUT2D eigenvalue weighted by Crippen LogP contribution is 2.28. The second-order valence-corrected chi connectivity index (χ2v) is 6.73. The Kier molecular flexibility index (Phi) is 8.19. The molecule has 0 saturated heterocycles. The number of amides is 1. The first-order chi connectivity index (χ1) is 12.5. The van der Waals surface area contributed by atoms with E-state index in [-0.39, 0.29) is 18.1 Å². The number of rotatable bonds is 10. The number of nitrogens with one attached hydrogen (secondary N) is 1. The monoisotopic (exact) mass is 364 g/mol. The van der Waals surface area contributed by atoms with Crippen LogP contribution in [0.2, 0.25) is 0 Å². The molecule has 6 heteroatoms. The van der Waals surface area contributed by atoms with Gasteiger partial charge in [0.25, 0.3) is 0 Å². The van der Waals surface area contributed by atoms with E-state index in [4.69, 9.17) is 9.47 Å². The number of carbonyl (C=O) groups excluding carboxylic acids is 1. The molecule has 0 aromatic heterocycles. The SMILES string of the molecule is CCOc1ccc(CCNC(=O)CN(C)[C@@H]2CCC[C@@H]2O)cc1OCC. The van der Waals surface area contributed by atoms with Crippen molar-refractivity contribution in [2.75, 3.05) is 33.4 Å². The van der Waals surface area contributed by atoms with Gasteiger partial charge < -0.3 is 19.9 Å². The van der Waals surface area contributed by atoms with Gasteiger partial charge in [-0.1, -0.05) is 6.07 Å². The van der Waals surface area contributed by atoms with Crippen LogP contribution in [0, 0.1) is 0 Å². The van der Waals surface area contributed by atoms with Crippen molar-refractivity contribution in [1.29, 1.82) is 0 Å². The summed E-state index contributed by atoms with van der Waals surface area (Å²) >= 11 is 0. The summed E-state index contributed by atoms with van der Waals surface area (Å²) in [5.74, 6) is 1.48. The zero-order valence-electron chi connectivity index (χ0n) is 16.2. The quantitative estimate of drug-likeness (QED) is 0.664. The molecule has 1 saturated carbocycles. The number of aliphatic hydroxyl groups is 1. The summed E-state index contributed by atoms with van der Waals surface area (Å²) in [6.45, 7) is 5.95. The van der Waals surface area contributed by atoms with Crippen LogP contribution in [0.25, 0.3) is 0 Å². The number of aliphatic hydroxyl groups excluding tert-OH is 1. The molecule has 2 N–H and O–H groups in total. The molecule has 0 spiro atoms. The zero-order chi connectivity index (χ0) is 18.9. The normalized spacial score (nSPS) is 19.6. The highest BCUT2D eigenvalue weighted by Gasteiger charge is 2.29. The molecule has 1 fully saturated rings. The molecule has 1 aliphatic rings. The summed E-state index contributed by atoms with van der Waals surface area (Å²) in [6.07, 6.45) is 3.23. The average Bonchev–Trinajstić information content (AvgIpc) is 3.03. The van der Waals surface area contributed by atoms with Crippen LogP contribution in [-0.2, 0) is 11.2 Å². The highest BCUT2D eigenvalue weighted by atomic mass is 16.5. The van der Waals surface area contributed by atoms with Crippen molar-refractivity contribution >= 4 is 5.91 Å². The molecular weight excluding hydrogens is 332 g/mol. The lowest BCUT2D eigenvalue weighted by Crippen LogP contribution is -2.44. The largest absolute Gasteiger partial charge is 0.490 e. The van der Waals surface area contributed by atoms with Gasteiger partial charge in [-0.15, -0.1) is 0 Å². The Hall–Kier alpha value is -1.79. The first-order valence-corrected chi connectivity index (χ1v) is 9.58. The Morgan fingerprint density at radius 2 is 1.96 bits per heavy atom. The molecule has 1 amide bonds. The van der Waals surface area contributed by atoms with Crippen molar-refractivity contribution in [3.8, 4) is 11.5 Å². The minimum absolute atomic E-state index is 0.0115. The number of benzene rings is 1. The predicted molar refractivity (Wildman–Crippen MR) is 102 cm³/mol. The van der Waals surface area contributed by atoms with E-state index in [1.165, 1.54) is 0 Å². The molecule has 0 heterocycles. The lowest BCUT2D eigenvalue weighted by atomic mass is 10.1. The van der Waals surface area contributed by atoms with Crippen molar-refractivity contribution in [3.05, 3.63) is 23.8 Å². The molecule has 26 heavy (non-hydrogen) atoms. The highest BCUT2D eigenvalue weighted by molar-refractivity contribution is 5.78. The van der Waals surface area contributed by atoms with Crippen molar-refractivity contribution in [1.82, 2.24) is 10.2 Å². The topological polar surface area (TPSA) is 71.0 Å². The number of nitrogens with zero attached hydrogens (tertiary/aromatic N) is 1. The molecule has 2 atom stereocenters. The summed E-state index contributed by atoms with van der Waals surface area (Å²) in [6, 6.07) is 5.99. The van der Waals surface area contributed by atoms with E-state index in [1.807, 2.05) is 44.0 Å². The van der Waals surface area contributed by atoms with E-state index >= 15 is 0 Å². The van der Waals surface area contributed by atoms with Crippen molar-refractivity contribution in [3.63, 3.8) is 0 Å². The average molecular weight is 364 g/mol. The first kappa shape index (κ1) is 20.5. The first-order valence-electron chi connectivity index (χ1n) is 9.58. The molecule has 1 aromatic carbocycles. The Labute approximate surface area is 156 Å². The van der Waals surface area contributed by atoms with E-state index in [2.05, 4.69) is 5.32 Å². The smallest absolute Gasteiger partial charge is 0.234 e. The molecule has 1 aromatic rings. The van der Waals surface area contributed by atoms with Gasteiger partial charge >= 0.3 is 0 Å². The summed E-state index contributed by atoms with van der Waals surface area (Å²) < 4.78 is 11.2. The molecule has 0 aliphatic heterocycles. The molecule has 2 rings (SSSR count). The fourth-order valence-corrected chi connectivity index (χ4v) is 3.43. The fraction of sp³-hybridized carbons (Fsp3) is 0.650. The maximum absolute atomic E-state index is 12.1. The van der Waals surface area contributed by atoms with Gasteiger partial charge in [-0.25, -0.2) is 0 Å². The van der Waals surface area contributed by atoms with Gasteiger partial charge in [-0.3, -0.25) is 9.69 Å². The molecule has 6 nitrogen and oxygen atoms in total. The van der Waals surface area contributed by atoms with Crippen LogP contribution in [0.15, 0.2) is 18.2 Å². The molecule has 0 bridgehead atoms. The predicted octanol–water partition coefficient (Wildman–Crippen LogP) is 1.99. The number of hydrogen-bond acceptors (Lipinski definition) is 5. The number of carbonyl (C=O) groups is 1. The fourth-order valence-electron chi connectivity index (χ4n) is 3.43. The standard InChI is InChI=1S/C20H32N2O4/c1-4-25-18-10-9-15(13-19(18)26-5-2)11-12-21-20(24)14-22(3)16-7-6-8-17(16)23/h9-10,13,16-17,23H,4-8,11-12,14H2,1-3H3,(H,21,24)/t16-,17+/m1/s1. The minimum Gasteiger partial charge on any atom is -0.490 e. The summed E-state index contributed by atoms with van der Waals surface area (Å²) in [4.78, 5) is 14.1. The summed E-state index contributed by atoms with van der Waals surface area (Å²) in [5.41, 5.74) is 1.09. The van der Waals surface area contributed by atoms with Gasteiger partial charge in [0.1, 0.15) is 0 Å². The second kappa shape index (κ2) is 10.4. The lowest BCUT2D eigenvalue weighted by molar-refractivity contribution is -0.122. The molecule has 0 radical (unpaired) electrons. The Morgan fingerprint density at radius 1 is 1.23 bits per heavy atom. The van der Waals surface area contributed by atoms with Crippen molar-refractivity contribution in [2.24, 2.45) is 0 Å². The third kappa shape index (κ3) is 5.88. The number of likely N-dealkylation sites (N-methyl/N-ethyl adjacent to an activating group) is 1. The van der Waals surface area contributed by atoms with E-state index < -0.39 is 0 Å². The van der Waals surface area contributed by atoms with Crippen molar-refractivity contribution < 1.29 is 19.4 Å². The van der Waals surface area contributed by atoms with E-state index in [1.54, 1.807) is 0 Å². The Morgan fingerprint density at radius 3 is 2.62 bits per heavy atom. The minimum atomic E-state index is -0.311. The number of ether oxygens (including phenoxy) is 2. The van der Waals surface area contributed by atoms with Gasteiger partial charge in [0.05, 0.1) is 25.9 Å². The third-order valence-electron chi connectivity index (χ3n) is 4.75. The number of hydrogen-bond donors (Lipinski definition) is 2. The molecule has 1 aliphatic carbocycles. The third-order valence-corrected chi connectivity index (χ3v) is 4.75. The van der Waals surface area contributed by atoms with E-state index in [0.717, 1.165) is 42.7 Å².